The van der Waals surface area contributed by atoms with Crippen LogP contribution in [0.5, 0.6) is 5.75 Å². The van der Waals surface area contributed by atoms with Crippen LogP contribution < -0.4 is 11.1 Å². The number of amides is 2. The molecule has 3 aliphatic rings. The molecule has 0 spiro atoms. The molecule has 190 valence electrons. The van der Waals surface area contributed by atoms with Crippen LogP contribution in [-0.4, -0.2) is 54.4 Å². The first-order valence-corrected chi connectivity index (χ1v) is 11.5. The number of aliphatic hydroxyl groups excluding tert-OH is 2. The third-order valence-corrected chi connectivity index (χ3v) is 7.41. The van der Waals surface area contributed by atoms with Gasteiger partial charge in [0.15, 0.2) is 11.4 Å². The van der Waals surface area contributed by atoms with Gasteiger partial charge in [-0.05, 0) is 48.1 Å². The summed E-state index contributed by atoms with van der Waals surface area (Å²) in [5.74, 6) is -7.21. The first-order chi connectivity index (χ1) is 17.6. The highest BCUT2D eigenvalue weighted by molar-refractivity contribution is 6.22. The number of nitrogens with zero attached hydrogens (tertiary/aromatic N) is 1. The van der Waals surface area contributed by atoms with Crippen LogP contribution in [0.1, 0.15) is 39.9 Å². The number of hydrogen-bond acceptors (Lipinski definition) is 9. The lowest BCUT2D eigenvalue weighted by Crippen LogP contribution is -2.58. The van der Waals surface area contributed by atoms with Gasteiger partial charge in [0.25, 0.3) is 11.8 Å². The van der Waals surface area contributed by atoms with Gasteiger partial charge in [0.05, 0.1) is 11.1 Å². The molecule has 0 radical (unpaired) electrons. The summed E-state index contributed by atoms with van der Waals surface area (Å²) in [6.45, 7) is 0.0525. The van der Waals surface area contributed by atoms with Gasteiger partial charge in [-0.2, -0.15) is 0 Å². The molecule has 2 aromatic rings. The van der Waals surface area contributed by atoms with Crippen LogP contribution in [0.2, 0.25) is 0 Å². The Hall–Kier alpha value is -4.51. The first kappa shape index (κ1) is 24.2. The fraction of sp³-hybridized carbons (Fsp3) is 0.269. The van der Waals surface area contributed by atoms with Crippen LogP contribution >= 0.6 is 0 Å². The largest absolute Gasteiger partial charge is 0.508 e. The van der Waals surface area contributed by atoms with Crippen molar-refractivity contribution >= 4 is 29.1 Å². The number of primary amides is 1. The van der Waals surface area contributed by atoms with Crippen LogP contribution in [0.3, 0.4) is 0 Å². The van der Waals surface area contributed by atoms with Crippen molar-refractivity contribution < 1.29 is 39.6 Å². The van der Waals surface area contributed by atoms with Gasteiger partial charge >= 0.3 is 0 Å². The lowest BCUT2D eigenvalue weighted by Gasteiger charge is -2.46. The van der Waals surface area contributed by atoms with E-state index in [1.165, 1.54) is 18.5 Å². The highest BCUT2D eigenvalue weighted by atomic mass is 16.3. The van der Waals surface area contributed by atoms with Crippen molar-refractivity contribution in [1.29, 1.82) is 0 Å². The number of aliphatic hydroxyl groups is 3. The summed E-state index contributed by atoms with van der Waals surface area (Å²) in [6, 6.07) is 6.13. The van der Waals surface area contributed by atoms with E-state index in [0.29, 0.717) is 16.7 Å². The maximum atomic E-state index is 13.5. The minimum atomic E-state index is -2.61. The minimum Gasteiger partial charge on any atom is -0.508 e. The van der Waals surface area contributed by atoms with Gasteiger partial charge in [0.2, 0.25) is 5.78 Å². The van der Waals surface area contributed by atoms with Crippen molar-refractivity contribution in [1.82, 2.24) is 10.3 Å². The number of phenolic OH excluding ortho intramolecular Hbond substituents is 1. The van der Waals surface area contributed by atoms with E-state index in [1.54, 1.807) is 18.2 Å². The van der Waals surface area contributed by atoms with Gasteiger partial charge in [0, 0.05) is 36.9 Å². The van der Waals surface area contributed by atoms with Crippen LogP contribution in [0.25, 0.3) is 5.76 Å². The number of fused-ring (bicyclic) bond motifs is 3. The fourth-order valence-corrected chi connectivity index (χ4v) is 5.63. The number of rotatable bonds is 4. The molecule has 0 aliphatic heterocycles. The lowest BCUT2D eigenvalue weighted by molar-refractivity contribution is -0.147. The highest BCUT2D eigenvalue weighted by Crippen LogP contribution is 2.52. The number of aromatic hydroxyl groups is 1. The van der Waals surface area contributed by atoms with Crippen molar-refractivity contribution in [2.75, 3.05) is 0 Å². The van der Waals surface area contributed by atoms with Crippen LogP contribution in [0.15, 0.2) is 53.6 Å². The fourth-order valence-electron chi connectivity index (χ4n) is 5.63. The highest BCUT2D eigenvalue weighted by Gasteiger charge is 2.60. The summed E-state index contributed by atoms with van der Waals surface area (Å²) in [5, 5.41) is 46.3. The number of benzene rings is 1. The Morgan fingerprint density at radius 3 is 2.57 bits per heavy atom. The Labute approximate surface area is 209 Å². The molecule has 37 heavy (non-hydrogen) atoms. The second kappa shape index (κ2) is 8.56. The van der Waals surface area contributed by atoms with Crippen molar-refractivity contribution in [2.45, 2.75) is 31.4 Å². The Balaban J connectivity index is 1.55. The Morgan fingerprint density at radius 2 is 1.89 bits per heavy atom. The number of carbonyl (C=O) groups excluding carboxylic acids is 4. The Bertz CT molecular complexity index is 1450. The Morgan fingerprint density at radius 1 is 1.14 bits per heavy atom. The topological polar surface area (TPSA) is 200 Å². The molecule has 7 N–H and O–H groups in total. The predicted molar refractivity (Wildman–Crippen MR) is 127 cm³/mol. The lowest BCUT2D eigenvalue weighted by atomic mass is 9.59. The van der Waals surface area contributed by atoms with Gasteiger partial charge in [-0.25, -0.2) is 0 Å². The average molecular weight is 505 g/mol. The van der Waals surface area contributed by atoms with E-state index >= 15 is 0 Å². The molecule has 1 aromatic heterocycles. The number of ketones is 2. The van der Waals surface area contributed by atoms with Crippen LogP contribution in [0.4, 0.5) is 0 Å². The van der Waals surface area contributed by atoms with Gasteiger partial charge in [0.1, 0.15) is 22.8 Å². The van der Waals surface area contributed by atoms with Crippen LogP contribution in [0, 0.1) is 11.8 Å². The average Bonchev–Trinajstić information content (AvgIpc) is 2.86. The van der Waals surface area contributed by atoms with E-state index in [1.807, 2.05) is 0 Å². The molecule has 11 heteroatoms. The second-order valence-corrected chi connectivity index (χ2v) is 9.43. The third kappa shape index (κ3) is 3.58. The first-order valence-electron chi connectivity index (χ1n) is 11.5. The molecule has 3 aliphatic carbocycles. The van der Waals surface area contributed by atoms with E-state index in [9.17, 15) is 39.6 Å². The van der Waals surface area contributed by atoms with E-state index in [0.717, 1.165) is 0 Å². The third-order valence-electron chi connectivity index (χ3n) is 7.41. The quantitative estimate of drug-likeness (QED) is 0.324. The summed E-state index contributed by atoms with van der Waals surface area (Å²) < 4.78 is 0. The second-order valence-electron chi connectivity index (χ2n) is 9.43. The minimum absolute atomic E-state index is 0.0275. The molecule has 3 atom stereocenters. The maximum Gasteiger partial charge on any atom is 0.255 e. The predicted octanol–water partition coefficient (Wildman–Crippen LogP) is 0.749. The Kier molecular flexibility index (Phi) is 5.60. The van der Waals surface area contributed by atoms with E-state index in [4.69, 9.17) is 5.73 Å². The summed E-state index contributed by atoms with van der Waals surface area (Å²) in [6.07, 6.45) is 2.74. The standard InChI is InChI=1S/C26H23N3O8/c27-24(35)20-17(31)8-14-6-13-7-15-11(10-29-25(36)12-2-1-5-28-9-12)3-4-16(30)19(15)21(32)18(13)22(33)26(14,37)23(20)34/h1-5,9,13-14,30,32,34,37H,6-8,10H2,(H2,27,35)(H,29,36)/t13-,14+,26+/m1/s1. The van der Waals surface area contributed by atoms with E-state index < -0.39 is 58.4 Å². The molecule has 1 fully saturated rings. The molecule has 1 aromatic carbocycles. The zero-order valence-corrected chi connectivity index (χ0v) is 19.4. The summed E-state index contributed by atoms with van der Waals surface area (Å²) in [7, 11) is 0. The van der Waals surface area contributed by atoms with Gasteiger partial charge < -0.3 is 31.5 Å². The smallest absolute Gasteiger partial charge is 0.255 e. The van der Waals surface area contributed by atoms with Crippen molar-refractivity contribution in [3.8, 4) is 5.75 Å². The van der Waals surface area contributed by atoms with E-state index in [2.05, 4.69) is 10.3 Å². The van der Waals surface area contributed by atoms with Crippen molar-refractivity contribution in [3.63, 3.8) is 0 Å². The molecule has 0 unspecified atom stereocenters. The maximum absolute atomic E-state index is 13.5. The van der Waals surface area contributed by atoms with Gasteiger partial charge in [-0.15, -0.1) is 0 Å². The molecule has 1 heterocycles. The summed E-state index contributed by atoms with van der Waals surface area (Å²) in [5.41, 5.74) is 2.93. The zero-order valence-electron chi connectivity index (χ0n) is 19.4. The number of Topliss-reactive ketones (excluding diaryl/α,β-unsaturated/α-hetero) is 2. The summed E-state index contributed by atoms with van der Waals surface area (Å²) >= 11 is 0. The molecule has 5 rings (SSSR count). The summed E-state index contributed by atoms with van der Waals surface area (Å²) in [4.78, 5) is 54.1. The monoisotopic (exact) mass is 505 g/mol. The molecule has 11 nitrogen and oxygen atoms in total. The number of nitrogens with one attached hydrogen (secondary N) is 1. The number of aromatic nitrogens is 1. The normalized spacial score (nSPS) is 24.8. The molecular formula is C26H23N3O8. The number of pyridine rings is 1. The van der Waals surface area contributed by atoms with Gasteiger partial charge in [-0.1, -0.05) is 6.07 Å². The number of nitrogens with two attached hydrogens (primary N) is 1. The number of carbonyl (C=O) groups is 4. The number of hydrogen-bond donors (Lipinski definition) is 6. The molecule has 0 bridgehead atoms. The van der Waals surface area contributed by atoms with Crippen molar-refractivity contribution in [2.24, 2.45) is 17.6 Å². The van der Waals surface area contributed by atoms with Gasteiger partial charge in [-0.3, -0.25) is 24.2 Å². The van der Waals surface area contributed by atoms with Crippen LogP contribution in [-0.2, 0) is 27.3 Å². The van der Waals surface area contributed by atoms with E-state index in [-0.39, 0.29) is 42.2 Å². The number of phenols is 1. The molecule has 2 amide bonds. The molecular weight excluding hydrogens is 482 g/mol. The molecule has 0 saturated heterocycles. The SMILES string of the molecule is NC(=O)C1=C(O)[C@@]2(O)C(=O)C3=C(O)c4c(O)ccc(CNC(=O)c5cccnc5)c4C[C@H]3C[C@H]2CC1=O. The zero-order chi connectivity index (χ0) is 26.6. The molecule has 1 saturated carbocycles. The van der Waals surface area contributed by atoms with Crippen molar-refractivity contribution in [3.05, 3.63) is 75.8 Å².